The highest BCUT2D eigenvalue weighted by Crippen LogP contribution is 2.19. The molecular weight excluding hydrogens is 266 g/mol. The van der Waals surface area contributed by atoms with Crippen LogP contribution in [-0.4, -0.2) is 30.1 Å². The van der Waals surface area contributed by atoms with Crippen LogP contribution in [0.2, 0.25) is 0 Å². The van der Waals surface area contributed by atoms with E-state index < -0.39 is 0 Å². The summed E-state index contributed by atoms with van der Waals surface area (Å²) in [6.45, 7) is 3.95. The number of aromatic nitrogens is 2. The van der Waals surface area contributed by atoms with Gasteiger partial charge in [0.1, 0.15) is 0 Å². The van der Waals surface area contributed by atoms with Crippen LogP contribution in [0.5, 0.6) is 0 Å². The number of hydrogen-bond donors (Lipinski definition) is 1. The van der Waals surface area contributed by atoms with Crippen LogP contribution in [-0.2, 0) is 23.1 Å². The van der Waals surface area contributed by atoms with Gasteiger partial charge in [0.05, 0.1) is 32.1 Å². The van der Waals surface area contributed by atoms with E-state index in [0.29, 0.717) is 19.8 Å². The SMILES string of the molecule is COCCOCc1cccc(NC(C)c2cnn(C)c2)c1. The zero-order valence-corrected chi connectivity index (χ0v) is 12.9. The Kier molecular flexibility index (Phi) is 5.78. The van der Waals surface area contributed by atoms with Crippen LogP contribution in [0.3, 0.4) is 0 Å². The van der Waals surface area contributed by atoms with Gasteiger partial charge in [0, 0.05) is 31.6 Å². The van der Waals surface area contributed by atoms with Gasteiger partial charge in [0.15, 0.2) is 0 Å². The monoisotopic (exact) mass is 289 g/mol. The van der Waals surface area contributed by atoms with Gasteiger partial charge in [0.2, 0.25) is 0 Å². The van der Waals surface area contributed by atoms with Crippen molar-refractivity contribution >= 4 is 5.69 Å². The van der Waals surface area contributed by atoms with Crippen LogP contribution in [0.25, 0.3) is 0 Å². The van der Waals surface area contributed by atoms with E-state index in [4.69, 9.17) is 9.47 Å². The third-order valence-electron chi connectivity index (χ3n) is 3.24. The van der Waals surface area contributed by atoms with E-state index in [9.17, 15) is 0 Å². The van der Waals surface area contributed by atoms with Gasteiger partial charge in [-0.25, -0.2) is 0 Å². The molecule has 2 rings (SSSR count). The highest BCUT2D eigenvalue weighted by molar-refractivity contribution is 5.47. The number of aryl methyl sites for hydroxylation is 1. The van der Waals surface area contributed by atoms with Gasteiger partial charge in [-0.15, -0.1) is 0 Å². The number of nitrogens with zero attached hydrogens (tertiary/aromatic N) is 2. The minimum Gasteiger partial charge on any atom is -0.382 e. The summed E-state index contributed by atoms with van der Waals surface area (Å²) in [5.41, 5.74) is 3.40. The Hall–Kier alpha value is -1.85. The number of methoxy groups -OCH3 is 1. The predicted molar refractivity (Wildman–Crippen MR) is 83.2 cm³/mol. The van der Waals surface area contributed by atoms with Crippen LogP contribution in [0.1, 0.15) is 24.1 Å². The molecule has 1 heterocycles. The molecule has 0 amide bonds. The number of ether oxygens (including phenoxy) is 2. The van der Waals surface area contributed by atoms with E-state index in [-0.39, 0.29) is 6.04 Å². The van der Waals surface area contributed by atoms with Crippen molar-refractivity contribution < 1.29 is 9.47 Å². The second-order valence-corrected chi connectivity index (χ2v) is 5.06. The van der Waals surface area contributed by atoms with Crippen LogP contribution >= 0.6 is 0 Å². The summed E-state index contributed by atoms with van der Waals surface area (Å²) >= 11 is 0. The number of nitrogens with one attached hydrogen (secondary N) is 1. The second kappa shape index (κ2) is 7.81. The number of anilines is 1. The Morgan fingerprint density at radius 2 is 2.19 bits per heavy atom. The molecule has 21 heavy (non-hydrogen) atoms. The Morgan fingerprint density at radius 1 is 1.33 bits per heavy atom. The van der Waals surface area contributed by atoms with Crippen LogP contribution in [0.4, 0.5) is 5.69 Å². The average Bonchev–Trinajstić information content (AvgIpc) is 2.91. The fourth-order valence-corrected chi connectivity index (χ4v) is 2.08. The summed E-state index contributed by atoms with van der Waals surface area (Å²) in [7, 11) is 3.60. The van der Waals surface area contributed by atoms with Gasteiger partial charge >= 0.3 is 0 Å². The molecular formula is C16H23N3O2. The normalized spacial score (nSPS) is 12.3. The number of benzene rings is 1. The minimum atomic E-state index is 0.211. The van der Waals surface area contributed by atoms with Gasteiger partial charge in [-0.3, -0.25) is 4.68 Å². The smallest absolute Gasteiger partial charge is 0.0718 e. The molecule has 1 aromatic carbocycles. The van der Waals surface area contributed by atoms with E-state index in [1.807, 2.05) is 30.2 Å². The lowest BCUT2D eigenvalue weighted by atomic mass is 10.1. The summed E-state index contributed by atoms with van der Waals surface area (Å²) in [4.78, 5) is 0. The zero-order chi connectivity index (χ0) is 15.1. The molecule has 0 aliphatic heterocycles. The Bertz CT molecular complexity index is 554. The lowest BCUT2D eigenvalue weighted by Gasteiger charge is -2.14. The van der Waals surface area contributed by atoms with Crippen LogP contribution in [0, 0.1) is 0 Å². The van der Waals surface area contributed by atoms with E-state index in [2.05, 4.69) is 35.5 Å². The van der Waals surface area contributed by atoms with Crippen molar-refractivity contribution in [3.63, 3.8) is 0 Å². The fourth-order valence-electron chi connectivity index (χ4n) is 2.08. The first-order valence-electron chi connectivity index (χ1n) is 7.09. The largest absolute Gasteiger partial charge is 0.382 e. The summed E-state index contributed by atoms with van der Waals surface area (Å²) in [6, 6.07) is 8.48. The molecule has 0 saturated heterocycles. The van der Waals surface area contributed by atoms with Crippen molar-refractivity contribution in [3.8, 4) is 0 Å². The van der Waals surface area contributed by atoms with Crippen LogP contribution < -0.4 is 5.32 Å². The third-order valence-corrected chi connectivity index (χ3v) is 3.24. The number of hydrogen-bond acceptors (Lipinski definition) is 4. The summed E-state index contributed by atoms with van der Waals surface area (Å²) in [5.74, 6) is 0. The van der Waals surface area contributed by atoms with Gasteiger partial charge in [-0.2, -0.15) is 5.10 Å². The van der Waals surface area contributed by atoms with Crippen molar-refractivity contribution in [1.29, 1.82) is 0 Å². The molecule has 114 valence electrons. The summed E-state index contributed by atoms with van der Waals surface area (Å²) in [6.07, 6.45) is 3.91. The molecule has 0 radical (unpaired) electrons. The fraction of sp³-hybridized carbons (Fsp3) is 0.438. The molecule has 1 unspecified atom stereocenters. The van der Waals surface area contributed by atoms with Crippen LogP contribution in [0.15, 0.2) is 36.7 Å². The van der Waals surface area contributed by atoms with Gasteiger partial charge in [0.25, 0.3) is 0 Å². The van der Waals surface area contributed by atoms with Crippen molar-refractivity contribution in [2.24, 2.45) is 7.05 Å². The lowest BCUT2D eigenvalue weighted by molar-refractivity contribution is 0.0617. The maximum atomic E-state index is 5.54. The van der Waals surface area contributed by atoms with Gasteiger partial charge < -0.3 is 14.8 Å². The summed E-state index contributed by atoms with van der Waals surface area (Å²) < 4.78 is 12.3. The van der Waals surface area contributed by atoms with Crippen molar-refractivity contribution in [1.82, 2.24) is 9.78 Å². The van der Waals surface area contributed by atoms with E-state index >= 15 is 0 Å². The molecule has 5 heteroatoms. The van der Waals surface area contributed by atoms with Gasteiger partial charge in [-0.1, -0.05) is 12.1 Å². The third kappa shape index (κ3) is 4.88. The predicted octanol–water partition coefficient (Wildman–Crippen LogP) is 2.76. The van der Waals surface area contributed by atoms with Gasteiger partial charge in [-0.05, 0) is 24.6 Å². The first-order chi connectivity index (χ1) is 10.2. The van der Waals surface area contributed by atoms with Crippen molar-refractivity contribution in [2.75, 3.05) is 25.6 Å². The molecule has 0 saturated carbocycles. The molecule has 0 bridgehead atoms. The molecule has 1 N–H and O–H groups in total. The second-order valence-electron chi connectivity index (χ2n) is 5.06. The molecule has 0 fully saturated rings. The molecule has 0 spiro atoms. The molecule has 2 aromatic rings. The molecule has 1 aromatic heterocycles. The highest BCUT2D eigenvalue weighted by atomic mass is 16.5. The maximum Gasteiger partial charge on any atom is 0.0718 e. The quantitative estimate of drug-likeness (QED) is 0.759. The molecule has 1 atom stereocenters. The first kappa shape index (κ1) is 15.5. The van der Waals surface area contributed by atoms with Crippen molar-refractivity contribution in [3.05, 3.63) is 47.8 Å². The first-order valence-corrected chi connectivity index (χ1v) is 7.09. The molecule has 0 aliphatic rings. The Balaban J connectivity index is 1.91. The van der Waals surface area contributed by atoms with E-state index in [1.54, 1.807) is 7.11 Å². The minimum absolute atomic E-state index is 0.211. The maximum absolute atomic E-state index is 5.54. The standard InChI is InChI=1S/C16H23N3O2/c1-13(15-10-17-19(2)11-15)18-16-6-4-5-14(9-16)12-21-8-7-20-3/h4-6,9-11,13,18H,7-8,12H2,1-3H3. The topological polar surface area (TPSA) is 48.3 Å². The molecule has 5 nitrogen and oxygen atoms in total. The number of rotatable bonds is 8. The average molecular weight is 289 g/mol. The zero-order valence-electron chi connectivity index (χ0n) is 12.9. The summed E-state index contributed by atoms with van der Waals surface area (Å²) in [5, 5.41) is 7.68. The lowest BCUT2D eigenvalue weighted by Crippen LogP contribution is -2.06. The Morgan fingerprint density at radius 3 is 2.90 bits per heavy atom. The van der Waals surface area contributed by atoms with Crippen molar-refractivity contribution in [2.45, 2.75) is 19.6 Å². The van der Waals surface area contributed by atoms with E-state index in [1.165, 1.54) is 5.56 Å². The molecule has 0 aliphatic carbocycles. The highest BCUT2D eigenvalue weighted by Gasteiger charge is 2.07. The Labute approximate surface area is 125 Å². The van der Waals surface area contributed by atoms with E-state index in [0.717, 1.165) is 11.3 Å².